The van der Waals surface area contributed by atoms with E-state index in [-0.39, 0.29) is 0 Å². The van der Waals surface area contributed by atoms with Crippen molar-refractivity contribution in [3.05, 3.63) is 231 Å². The normalized spacial score (nSPS) is 11.6. The summed E-state index contributed by atoms with van der Waals surface area (Å²) in [5.41, 5.74) is 14.1. The smallest absolute Gasteiger partial charge is 0.0619 e. The van der Waals surface area contributed by atoms with Crippen LogP contribution in [0.2, 0.25) is 0 Å². The van der Waals surface area contributed by atoms with E-state index in [4.69, 9.17) is 0 Å². The number of thiophene rings is 1. The topological polar surface area (TPSA) is 8.17 Å². The maximum atomic E-state index is 2.44. The third-order valence-corrected chi connectivity index (χ3v) is 13.3. The van der Waals surface area contributed by atoms with Crippen molar-refractivity contribution < 1.29 is 0 Å². The summed E-state index contributed by atoms with van der Waals surface area (Å²) in [6, 6.07) is 84.1. The number of nitrogens with zero attached hydrogens (tertiary/aromatic N) is 2. The highest BCUT2D eigenvalue weighted by atomic mass is 32.1. The second kappa shape index (κ2) is 14.5. The zero-order valence-electron chi connectivity index (χ0n) is 33.2. The molecule has 2 aromatic heterocycles. The lowest BCUT2D eigenvalue weighted by Gasteiger charge is -2.26. The Morgan fingerprint density at radius 2 is 0.869 bits per heavy atom. The molecule has 0 unspecified atom stereocenters. The van der Waals surface area contributed by atoms with Gasteiger partial charge in [0.2, 0.25) is 0 Å². The number of para-hydroxylation sites is 1. The van der Waals surface area contributed by atoms with E-state index < -0.39 is 0 Å². The van der Waals surface area contributed by atoms with Crippen molar-refractivity contribution in [2.45, 2.75) is 0 Å². The zero-order valence-corrected chi connectivity index (χ0v) is 34.1. The summed E-state index contributed by atoms with van der Waals surface area (Å²) in [4.78, 5) is 2.37. The Balaban J connectivity index is 0.956. The number of fused-ring (bicyclic) bond motifs is 8. The summed E-state index contributed by atoms with van der Waals surface area (Å²) >= 11 is 1.86. The van der Waals surface area contributed by atoms with Crippen molar-refractivity contribution in [1.29, 1.82) is 0 Å². The van der Waals surface area contributed by atoms with Crippen LogP contribution in [-0.2, 0) is 0 Å². The molecule has 0 bridgehead atoms. The number of hydrogen-bond donors (Lipinski definition) is 0. The van der Waals surface area contributed by atoms with Crippen LogP contribution in [-0.4, -0.2) is 4.57 Å². The van der Waals surface area contributed by atoms with Crippen LogP contribution in [0.15, 0.2) is 231 Å². The van der Waals surface area contributed by atoms with Gasteiger partial charge in [-0.15, -0.1) is 11.3 Å². The average Bonchev–Trinajstić information content (AvgIpc) is 3.88. The van der Waals surface area contributed by atoms with E-state index in [1.807, 2.05) is 11.3 Å². The van der Waals surface area contributed by atoms with E-state index in [1.54, 1.807) is 0 Å². The highest BCUT2D eigenvalue weighted by Crippen LogP contribution is 2.42. The van der Waals surface area contributed by atoms with Gasteiger partial charge in [0, 0.05) is 59.1 Å². The van der Waals surface area contributed by atoms with Crippen molar-refractivity contribution in [3.63, 3.8) is 0 Å². The molecule has 0 fully saturated rings. The molecule has 2 nitrogen and oxygen atoms in total. The van der Waals surface area contributed by atoms with Crippen molar-refractivity contribution in [3.8, 4) is 39.1 Å². The van der Waals surface area contributed by atoms with Gasteiger partial charge in [-0.3, -0.25) is 0 Å². The van der Waals surface area contributed by atoms with Crippen molar-refractivity contribution in [2.24, 2.45) is 0 Å². The number of aromatic nitrogens is 1. The van der Waals surface area contributed by atoms with E-state index in [1.165, 1.54) is 86.1 Å². The molecule has 2 heterocycles. The van der Waals surface area contributed by atoms with E-state index >= 15 is 0 Å². The van der Waals surface area contributed by atoms with E-state index in [0.717, 1.165) is 22.7 Å². The van der Waals surface area contributed by atoms with Crippen LogP contribution in [0.4, 0.5) is 17.1 Å². The minimum absolute atomic E-state index is 1.10. The Labute approximate surface area is 358 Å². The lowest BCUT2D eigenvalue weighted by atomic mass is 10.0. The zero-order chi connectivity index (χ0) is 40.3. The molecule has 0 saturated carbocycles. The molecule has 0 aliphatic rings. The number of benzene rings is 10. The standard InChI is InChI=1S/C58H38N2S/c1-3-12-39(13-4-1)43-15-11-18-49(36-43)59(47-29-22-40(23-30-47)44-28-35-57-54(37-44)52-20-9-10-21-56(52)61-57)48-31-24-41(25-32-48)45-27-33-51-53-34-26-42-14-7-8-19-50(42)58(53)60(55(51)38-45)46-16-5-2-6-17-46/h1-38H. The quantitative estimate of drug-likeness (QED) is 0.156. The van der Waals surface area contributed by atoms with Gasteiger partial charge in [0.05, 0.1) is 11.0 Å². The summed E-state index contributed by atoms with van der Waals surface area (Å²) in [5.74, 6) is 0. The summed E-state index contributed by atoms with van der Waals surface area (Å²) in [7, 11) is 0. The molecule has 12 aromatic rings. The lowest BCUT2D eigenvalue weighted by Crippen LogP contribution is -2.10. The summed E-state index contributed by atoms with van der Waals surface area (Å²) in [6.07, 6.45) is 0. The molecule has 12 rings (SSSR count). The number of hydrogen-bond acceptors (Lipinski definition) is 2. The van der Waals surface area contributed by atoms with E-state index in [0.29, 0.717) is 0 Å². The Kier molecular flexibility index (Phi) is 8.39. The highest BCUT2D eigenvalue weighted by molar-refractivity contribution is 7.25. The van der Waals surface area contributed by atoms with E-state index in [9.17, 15) is 0 Å². The minimum Gasteiger partial charge on any atom is -0.310 e. The van der Waals surface area contributed by atoms with Crippen LogP contribution in [0, 0.1) is 0 Å². The summed E-state index contributed by atoms with van der Waals surface area (Å²) in [6.45, 7) is 0. The predicted octanol–water partition coefficient (Wildman–Crippen LogP) is 16.8. The number of rotatable bonds is 7. The van der Waals surface area contributed by atoms with Gasteiger partial charge in [0.15, 0.2) is 0 Å². The van der Waals surface area contributed by atoms with Gasteiger partial charge in [-0.1, -0.05) is 158 Å². The molecule has 61 heavy (non-hydrogen) atoms. The van der Waals surface area contributed by atoms with Crippen molar-refractivity contribution >= 4 is 81.1 Å². The molecule has 286 valence electrons. The van der Waals surface area contributed by atoms with Gasteiger partial charge in [-0.2, -0.15) is 0 Å². The fourth-order valence-corrected chi connectivity index (χ4v) is 10.3. The largest absolute Gasteiger partial charge is 0.310 e. The third-order valence-electron chi connectivity index (χ3n) is 12.2. The monoisotopic (exact) mass is 794 g/mol. The van der Waals surface area contributed by atoms with Crippen LogP contribution < -0.4 is 4.90 Å². The van der Waals surface area contributed by atoms with Gasteiger partial charge in [-0.05, 0) is 112 Å². The molecule has 0 aliphatic carbocycles. The highest BCUT2D eigenvalue weighted by Gasteiger charge is 2.18. The first-order chi connectivity index (χ1) is 30.2. The Morgan fingerprint density at radius 3 is 1.64 bits per heavy atom. The maximum absolute atomic E-state index is 2.44. The first-order valence-electron chi connectivity index (χ1n) is 20.8. The molecule has 0 amide bonds. The van der Waals surface area contributed by atoms with Crippen LogP contribution in [0.5, 0.6) is 0 Å². The average molecular weight is 795 g/mol. The first-order valence-corrected chi connectivity index (χ1v) is 21.6. The fraction of sp³-hybridized carbons (Fsp3) is 0. The fourth-order valence-electron chi connectivity index (χ4n) is 9.22. The third kappa shape index (κ3) is 6.09. The summed E-state index contributed by atoms with van der Waals surface area (Å²) < 4.78 is 5.09. The molecular weight excluding hydrogens is 757 g/mol. The molecule has 0 atom stereocenters. The van der Waals surface area contributed by atoms with Crippen molar-refractivity contribution in [1.82, 2.24) is 4.57 Å². The van der Waals surface area contributed by atoms with Gasteiger partial charge >= 0.3 is 0 Å². The Hall–Kier alpha value is -7.72. The van der Waals surface area contributed by atoms with Gasteiger partial charge in [-0.25, -0.2) is 0 Å². The van der Waals surface area contributed by atoms with Gasteiger partial charge in [0.1, 0.15) is 0 Å². The van der Waals surface area contributed by atoms with Crippen LogP contribution >= 0.6 is 11.3 Å². The molecule has 0 aliphatic heterocycles. The first kappa shape index (κ1) is 35.2. The molecule has 0 radical (unpaired) electrons. The second-order valence-corrected chi connectivity index (χ2v) is 16.8. The molecule has 10 aromatic carbocycles. The van der Waals surface area contributed by atoms with Crippen LogP contribution in [0.1, 0.15) is 0 Å². The van der Waals surface area contributed by atoms with Crippen LogP contribution in [0.25, 0.3) is 91.8 Å². The molecule has 0 saturated heterocycles. The van der Waals surface area contributed by atoms with E-state index in [2.05, 4.69) is 240 Å². The number of anilines is 3. The molecule has 0 spiro atoms. The SMILES string of the molecule is c1ccc(-c2cccc(N(c3ccc(-c4ccc5sc6ccccc6c5c4)cc3)c3ccc(-c4ccc5c6ccc7ccccc7c6n(-c6ccccc6)c5c4)cc3)c2)cc1. The Morgan fingerprint density at radius 1 is 0.311 bits per heavy atom. The predicted molar refractivity (Wildman–Crippen MR) is 262 cm³/mol. The summed E-state index contributed by atoms with van der Waals surface area (Å²) in [5, 5.41) is 7.65. The van der Waals surface area contributed by atoms with Gasteiger partial charge < -0.3 is 9.47 Å². The molecule has 3 heteroatoms. The Bertz CT molecular complexity index is 3560. The molecular formula is C58H38N2S. The lowest BCUT2D eigenvalue weighted by molar-refractivity contribution is 1.19. The minimum atomic E-state index is 1.10. The maximum Gasteiger partial charge on any atom is 0.0619 e. The second-order valence-electron chi connectivity index (χ2n) is 15.7. The van der Waals surface area contributed by atoms with Crippen molar-refractivity contribution in [2.75, 3.05) is 4.90 Å². The van der Waals surface area contributed by atoms with Gasteiger partial charge in [0.25, 0.3) is 0 Å². The van der Waals surface area contributed by atoms with Crippen LogP contribution in [0.3, 0.4) is 0 Å². The molecule has 0 N–H and O–H groups in total.